The summed E-state index contributed by atoms with van der Waals surface area (Å²) in [5.74, 6) is 0. The van der Waals surface area contributed by atoms with Gasteiger partial charge in [0.2, 0.25) is 0 Å². The van der Waals surface area contributed by atoms with Gasteiger partial charge in [-0.3, -0.25) is 4.68 Å². The molecule has 1 fully saturated rings. The summed E-state index contributed by atoms with van der Waals surface area (Å²) in [6.45, 7) is 4.63. The number of hydrogen-bond acceptors (Lipinski definition) is 2. The van der Waals surface area contributed by atoms with Crippen LogP contribution in [-0.2, 0) is 13.5 Å². The van der Waals surface area contributed by atoms with Crippen LogP contribution in [0.2, 0.25) is 0 Å². The lowest BCUT2D eigenvalue weighted by Gasteiger charge is -2.38. The molecule has 1 aliphatic carbocycles. The monoisotopic (exact) mass is 207 g/mol. The summed E-state index contributed by atoms with van der Waals surface area (Å²) in [7, 11) is 1.96. The van der Waals surface area contributed by atoms with Crippen LogP contribution in [0.25, 0.3) is 0 Å². The zero-order valence-electron chi connectivity index (χ0n) is 9.79. The molecule has 0 bridgehead atoms. The van der Waals surface area contributed by atoms with Crippen molar-refractivity contribution in [2.24, 2.45) is 12.5 Å². The van der Waals surface area contributed by atoms with Crippen LogP contribution < -0.4 is 5.32 Å². The summed E-state index contributed by atoms with van der Waals surface area (Å²) in [6, 6.07) is 0. The Labute approximate surface area is 91.9 Å². The summed E-state index contributed by atoms with van der Waals surface area (Å²) in [4.78, 5) is 0. The highest BCUT2D eigenvalue weighted by atomic mass is 15.2. The molecule has 1 aromatic rings. The van der Waals surface area contributed by atoms with Crippen molar-refractivity contribution >= 4 is 0 Å². The normalized spacial score (nSPS) is 18.8. The largest absolute Gasteiger partial charge is 0.316 e. The molecule has 0 saturated heterocycles. The van der Waals surface area contributed by atoms with Crippen LogP contribution in [0, 0.1) is 5.41 Å². The standard InChI is InChI=1S/C12H21N3/c1-12(5-3-6-12)10-13-7-4-11-8-14-15(2)9-11/h8-9,13H,3-7,10H2,1-2H3. The molecule has 3 heteroatoms. The Morgan fingerprint density at radius 3 is 2.87 bits per heavy atom. The average molecular weight is 207 g/mol. The van der Waals surface area contributed by atoms with Gasteiger partial charge in [0.15, 0.2) is 0 Å². The van der Waals surface area contributed by atoms with Gasteiger partial charge in [0, 0.05) is 19.8 Å². The van der Waals surface area contributed by atoms with Gasteiger partial charge in [0.25, 0.3) is 0 Å². The average Bonchev–Trinajstić information content (AvgIpc) is 2.56. The van der Waals surface area contributed by atoms with Gasteiger partial charge in [0.1, 0.15) is 0 Å². The Kier molecular flexibility index (Phi) is 3.10. The molecule has 0 spiro atoms. The van der Waals surface area contributed by atoms with Crippen molar-refractivity contribution in [1.82, 2.24) is 15.1 Å². The van der Waals surface area contributed by atoms with Crippen molar-refractivity contribution in [1.29, 1.82) is 0 Å². The van der Waals surface area contributed by atoms with Crippen molar-refractivity contribution in [3.63, 3.8) is 0 Å². The van der Waals surface area contributed by atoms with E-state index in [0.29, 0.717) is 5.41 Å². The highest BCUT2D eigenvalue weighted by Gasteiger charge is 2.30. The van der Waals surface area contributed by atoms with Crippen LogP contribution in [-0.4, -0.2) is 22.9 Å². The van der Waals surface area contributed by atoms with Gasteiger partial charge in [-0.1, -0.05) is 13.3 Å². The van der Waals surface area contributed by atoms with E-state index in [2.05, 4.69) is 23.5 Å². The molecule has 1 N–H and O–H groups in total. The lowest BCUT2D eigenvalue weighted by molar-refractivity contribution is 0.157. The van der Waals surface area contributed by atoms with Gasteiger partial charge in [-0.05, 0) is 36.8 Å². The Bertz CT molecular complexity index is 312. The second-order valence-corrected chi connectivity index (χ2v) is 5.11. The maximum Gasteiger partial charge on any atom is 0.0522 e. The topological polar surface area (TPSA) is 29.9 Å². The molecule has 0 radical (unpaired) electrons. The molecule has 3 nitrogen and oxygen atoms in total. The van der Waals surface area contributed by atoms with E-state index in [0.717, 1.165) is 13.0 Å². The summed E-state index contributed by atoms with van der Waals surface area (Å²) in [6.07, 6.45) is 9.34. The first-order valence-corrected chi connectivity index (χ1v) is 5.86. The van der Waals surface area contributed by atoms with Crippen LogP contribution in [0.1, 0.15) is 31.7 Å². The van der Waals surface area contributed by atoms with Gasteiger partial charge in [-0.15, -0.1) is 0 Å². The molecule has 1 heterocycles. The summed E-state index contributed by atoms with van der Waals surface area (Å²) in [5, 5.41) is 7.71. The molecule has 0 atom stereocenters. The molecule has 15 heavy (non-hydrogen) atoms. The molecule has 84 valence electrons. The fourth-order valence-corrected chi connectivity index (χ4v) is 2.18. The minimum Gasteiger partial charge on any atom is -0.316 e. The molecule has 1 aliphatic rings. The number of nitrogens with zero attached hydrogens (tertiary/aromatic N) is 2. The van der Waals surface area contributed by atoms with E-state index in [-0.39, 0.29) is 0 Å². The molecule has 2 rings (SSSR count). The first kappa shape index (κ1) is 10.7. The van der Waals surface area contributed by atoms with Gasteiger partial charge < -0.3 is 5.32 Å². The highest BCUT2D eigenvalue weighted by Crippen LogP contribution is 2.39. The Morgan fingerprint density at radius 2 is 2.33 bits per heavy atom. The van der Waals surface area contributed by atoms with E-state index in [1.165, 1.54) is 31.4 Å². The SMILES string of the molecule is Cn1cc(CCNCC2(C)CCC2)cn1. The maximum absolute atomic E-state index is 4.16. The molecular weight excluding hydrogens is 186 g/mol. The quantitative estimate of drug-likeness (QED) is 0.745. The Balaban J connectivity index is 1.63. The first-order valence-electron chi connectivity index (χ1n) is 5.86. The fourth-order valence-electron chi connectivity index (χ4n) is 2.18. The van der Waals surface area contributed by atoms with Crippen LogP contribution in [0.15, 0.2) is 12.4 Å². The van der Waals surface area contributed by atoms with E-state index in [9.17, 15) is 0 Å². The van der Waals surface area contributed by atoms with Crippen LogP contribution >= 0.6 is 0 Å². The Morgan fingerprint density at radius 1 is 1.53 bits per heavy atom. The molecule has 1 saturated carbocycles. The van der Waals surface area contributed by atoms with Crippen molar-refractivity contribution < 1.29 is 0 Å². The van der Waals surface area contributed by atoms with Gasteiger partial charge >= 0.3 is 0 Å². The number of aromatic nitrogens is 2. The van der Waals surface area contributed by atoms with E-state index in [4.69, 9.17) is 0 Å². The number of aryl methyl sites for hydroxylation is 1. The van der Waals surface area contributed by atoms with Gasteiger partial charge in [-0.2, -0.15) is 5.10 Å². The van der Waals surface area contributed by atoms with Crippen LogP contribution in [0.5, 0.6) is 0 Å². The molecule has 0 aliphatic heterocycles. The third-order valence-electron chi connectivity index (χ3n) is 3.46. The highest BCUT2D eigenvalue weighted by molar-refractivity contribution is 5.03. The third kappa shape index (κ3) is 2.81. The smallest absolute Gasteiger partial charge is 0.0522 e. The minimum absolute atomic E-state index is 0.592. The molecule has 1 aromatic heterocycles. The fraction of sp³-hybridized carbons (Fsp3) is 0.750. The third-order valence-corrected chi connectivity index (χ3v) is 3.46. The van der Waals surface area contributed by atoms with Crippen molar-refractivity contribution in [2.75, 3.05) is 13.1 Å². The molecular formula is C12H21N3. The predicted molar refractivity (Wildman–Crippen MR) is 61.7 cm³/mol. The maximum atomic E-state index is 4.16. The zero-order chi connectivity index (χ0) is 10.7. The van der Waals surface area contributed by atoms with Crippen molar-refractivity contribution in [3.05, 3.63) is 18.0 Å². The predicted octanol–water partition coefficient (Wildman–Crippen LogP) is 1.74. The summed E-state index contributed by atoms with van der Waals surface area (Å²) >= 11 is 0. The van der Waals surface area contributed by atoms with E-state index >= 15 is 0 Å². The number of rotatable bonds is 5. The van der Waals surface area contributed by atoms with Crippen molar-refractivity contribution in [3.8, 4) is 0 Å². The molecule has 0 aromatic carbocycles. The first-order chi connectivity index (χ1) is 7.18. The lowest BCUT2D eigenvalue weighted by Crippen LogP contribution is -2.37. The second kappa shape index (κ2) is 4.35. The minimum atomic E-state index is 0.592. The lowest BCUT2D eigenvalue weighted by atomic mass is 9.70. The van der Waals surface area contributed by atoms with Crippen molar-refractivity contribution in [2.45, 2.75) is 32.6 Å². The van der Waals surface area contributed by atoms with E-state index in [1.807, 2.05) is 17.9 Å². The van der Waals surface area contributed by atoms with E-state index in [1.54, 1.807) is 0 Å². The zero-order valence-corrected chi connectivity index (χ0v) is 9.79. The van der Waals surface area contributed by atoms with Crippen LogP contribution in [0.4, 0.5) is 0 Å². The molecule has 0 amide bonds. The number of hydrogen-bond donors (Lipinski definition) is 1. The summed E-state index contributed by atoms with van der Waals surface area (Å²) < 4.78 is 1.86. The van der Waals surface area contributed by atoms with Gasteiger partial charge in [0.05, 0.1) is 6.20 Å². The van der Waals surface area contributed by atoms with Gasteiger partial charge in [-0.25, -0.2) is 0 Å². The number of nitrogens with one attached hydrogen (secondary N) is 1. The van der Waals surface area contributed by atoms with Crippen LogP contribution in [0.3, 0.4) is 0 Å². The second-order valence-electron chi connectivity index (χ2n) is 5.11. The Hall–Kier alpha value is -0.830. The van der Waals surface area contributed by atoms with E-state index < -0.39 is 0 Å². The summed E-state index contributed by atoms with van der Waals surface area (Å²) in [5.41, 5.74) is 1.92. The molecule has 0 unspecified atom stereocenters.